The van der Waals surface area contributed by atoms with Gasteiger partial charge in [-0.15, -0.1) is 10.2 Å². The van der Waals surface area contributed by atoms with Gasteiger partial charge in [-0.05, 0) is 43.7 Å². The molecule has 0 saturated heterocycles. The van der Waals surface area contributed by atoms with Crippen LogP contribution in [0.1, 0.15) is 23.4 Å². The molecule has 3 rings (SSSR count). The van der Waals surface area contributed by atoms with Crippen LogP contribution in [-0.4, -0.2) is 16.1 Å². The quantitative estimate of drug-likeness (QED) is 0.761. The Hall–Kier alpha value is -3.02. The van der Waals surface area contributed by atoms with Crippen LogP contribution in [0.4, 0.5) is 10.1 Å². The van der Waals surface area contributed by atoms with Crippen molar-refractivity contribution in [2.75, 3.05) is 5.32 Å². The van der Waals surface area contributed by atoms with Gasteiger partial charge in [0.05, 0.1) is 0 Å². The highest BCUT2D eigenvalue weighted by atomic mass is 19.1. The lowest BCUT2D eigenvalue weighted by atomic mass is 10.1. The van der Waals surface area contributed by atoms with Crippen LogP contribution in [0.3, 0.4) is 0 Å². The molecule has 0 spiro atoms. The van der Waals surface area contributed by atoms with E-state index in [0.29, 0.717) is 29.5 Å². The number of hydrogen-bond acceptors (Lipinski definition) is 4. The Morgan fingerprint density at radius 1 is 1.12 bits per heavy atom. The summed E-state index contributed by atoms with van der Waals surface area (Å²) in [6.45, 7) is 3.67. The number of aromatic nitrogens is 2. The van der Waals surface area contributed by atoms with Crippen molar-refractivity contribution >= 4 is 11.6 Å². The van der Waals surface area contributed by atoms with E-state index in [4.69, 9.17) is 4.42 Å². The maximum atomic E-state index is 13.5. The number of nitrogens with zero attached hydrogens (tertiary/aromatic N) is 2. The van der Waals surface area contributed by atoms with Crippen LogP contribution in [0, 0.1) is 19.7 Å². The summed E-state index contributed by atoms with van der Waals surface area (Å²) in [4.78, 5) is 12.0. The van der Waals surface area contributed by atoms with Crippen LogP contribution in [0.25, 0.3) is 11.5 Å². The van der Waals surface area contributed by atoms with Gasteiger partial charge in [-0.3, -0.25) is 4.79 Å². The topological polar surface area (TPSA) is 68.0 Å². The molecule has 0 fully saturated rings. The van der Waals surface area contributed by atoms with Crippen molar-refractivity contribution in [3.8, 4) is 11.5 Å². The summed E-state index contributed by atoms with van der Waals surface area (Å²) in [5, 5.41) is 10.6. The molecule has 1 heterocycles. The Kier molecular flexibility index (Phi) is 4.88. The van der Waals surface area contributed by atoms with E-state index in [1.165, 1.54) is 6.07 Å². The zero-order valence-corrected chi connectivity index (χ0v) is 14.0. The van der Waals surface area contributed by atoms with E-state index in [2.05, 4.69) is 15.5 Å². The molecule has 0 radical (unpaired) electrons. The number of carbonyl (C=O) groups is 1. The predicted molar refractivity (Wildman–Crippen MR) is 92.6 cm³/mol. The highest BCUT2D eigenvalue weighted by Crippen LogP contribution is 2.19. The third kappa shape index (κ3) is 4.29. The Morgan fingerprint density at radius 2 is 1.88 bits per heavy atom. The maximum Gasteiger partial charge on any atom is 0.247 e. The van der Waals surface area contributed by atoms with Gasteiger partial charge in [0.2, 0.25) is 17.7 Å². The van der Waals surface area contributed by atoms with Gasteiger partial charge < -0.3 is 9.73 Å². The molecule has 6 heteroatoms. The normalized spacial score (nSPS) is 10.7. The minimum Gasteiger partial charge on any atom is -0.421 e. The first-order valence-corrected chi connectivity index (χ1v) is 7.97. The molecule has 0 aliphatic carbocycles. The Balaban J connectivity index is 1.57. The molecular formula is C19H18FN3O2. The van der Waals surface area contributed by atoms with E-state index < -0.39 is 0 Å². The van der Waals surface area contributed by atoms with Gasteiger partial charge in [-0.1, -0.05) is 23.8 Å². The fourth-order valence-electron chi connectivity index (χ4n) is 2.28. The third-order valence-electron chi connectivity index (χ3n) is 3.79. The lowest BCUT2D eigenvalue weighted by molar-refractivity contribution is -0.116. The van der Waals surface area contributed by atoms with Gasteiger partial charge in [-0.2, -0.15) is 0 Å². The molecule has 3 aromatic rings. The number of nitrogens with one attached hydrogen (secondary N) is 1. The number of halogens is 1. The molecule has 0 atom stereocenters. The van der Waals surface area contributed by atoms with E-state index >= 15 is 0 Å². The molecule has 0 aliphatic heterocycles. The first-order chi connectivity index (χ1) is 12.0. The van der Waals surface area contributed by atoms with Crippen LogP contribution in [0.2, 0.25) is 0 Å². The maximum absolute atomic E-state index is 13.5. The minimum atomic E-state index is -0.350. The molecule has 25 heavy (non-hydrogen) atoms. The van der Waals surface area contributed by atoms with Gasteiger partial charge in [0, 0.05) is 24.1 Å². The second kappa shape index (κ2) is 7.25. The average molecular weight is 339 g/mol. The van der Waals surface area contributed by atoms with E-state index in [0.717, 1.165) is 11.1 Å². The van der Waals surface area contributed by atoms with Crippen molar-refractivity contribution in [2.45, 2.75) is 26.7 Å². The predicted octanol–water partition coefficient (Wildman–Crippen LogP) is 4.06. The largest absolute Gasteiger partial charge is 0.421 e. The first-order valence-electron chi connectivity index (χ1n) is 7.97. The zero-order chi connectivity index (χ0) is 17.8. The Bertz CT molecular complexity index is 888. The van der Waals surface area contributed by atoms with E-state index in [1.54, 1.807) is 19.1 Å². The monoisotopic (exact) mass is 339 g/mol. The minimum absolute atomic E-state index is 0.172. The zero-order valence-electron chi connectivity index (χ0n) is 14.0. The van der Waals surface area contributed by atoms with Gasteiger partial charge in [-0.25, -0.2) is 4.39 Å². The number of aryl methyl sites for hydroxylation is 3. The lowest BCUT2D eigenvalue weighted by Crippen LogP contribution is -2.12. The fraction of sp³-hybridized carbons (Fsp3) is 0.211. The molecule has 0 saturated carbocycles. The summed E-state index contributed by atoms with van der Waals surface area (Å²) in [6, 6.07) is 12.3. The summed E-state index contributed by atoms with van der Waals surface area (Å²) in [6.07, 6.45) is 0.490. The van der Waals surface area contributed by atoms with Gasteiger partial charge in [0.25, 0.3) is 0 Å². The molecule has 5 nitrogen and oxygen atoms in total. The van der Waals surface area contributed by atoms with Crippen LogP contribution in [-0.2, 0) is 11.2 Å². The standard InChI is InChI=1S/C19H18FN3O2/c1-12-3-6-14(7-4-12)19-23-22-18(25-19)10-9-17(24)21-15-8-5-13(2)16(20)11-15/h3-8,11H,9-10H2,1-2H3,(H,21,24). The van der Waals surface area contributed by atoms with Crippen LogP contribution in [0.5, 0.6) is 0 Å². The first kappa shape index (κ1) is 16.8. The molecule has 128 valence electrons. The summed E-state index contributed by atoms with van der Waals surface area (Å²) in [7, 11) is 0. The summed E-state index contributed by atoms with van der Waals surface area (Å²) < 4.78 is 19.1. The number of carbonyl (C=O) groups excluding carboxylic acids is 1. The van der Waals surface area contributed by atoms with Crippen LogP contribution < -0.4 is 5.32 Å². The molecule has 1 aromatic heterocycles. The number of amides is 1. The fourth-order valence-corrected chi connectivity index (χ4v) is 2.28. The summed E-state index contributed by atoms with van der Waals surface area (Å²) in [5.41, 5.74) is 2.95. The second-order valence-electron chi connectivity index (χ2n) is 5.88. The highest BCUT2D eigenvalue weighted by molar-refractivity contribution is 5.90. The lowest BCUT2D eigenvalue weighted by Gasteiger charge is -2.05. The highest BCUT2D eigenvalue weighted by Gasteiger charge is 2.11. The molecule has 2 aromatic carbocycles. The number of hydrogen-bond donors (Lipinski definition) is 1. The van der Waals surface area contributed by atoms with Gasteiger partial charge in [0.15, 0.2) is 0 Å². The van der Waals surface area contributed by atoms with Crippen molar-refractivity contribution in [2.24, 2.45) is 0 Å². The van der Waals surface area contributed by atoms with E-state index in [-0.39, 0.29) is 18.1 Å². The van der Waals surface area contributed by atoms with Gasteiger partial charge in [0.1, 0.15) is 5.82 Å². The Labute approximate surface area is 144 Å². The van der Waals surface area contributed by atoms with Crippen molar-refractivity contribution in [3.63, 3.8) is 0 Å². The molecule has 0 bridgehead atoms. The smallest absolute Gasteiger partial charge is 0.247 e. The summed E-state index contributed by atoms with van der Waals surface area (Å²) >= 11 is 0. The third-order valence-corrected chi connectivity index (χ3v) is 3.79. The SMILES string of the molecule is Cc1ccc(-c2nnc(CCC(=O)Nc3ccc(C)c(F)c3)o2)cc1. The molecule has 0 aliphatic rings. The van der Waals surface area contributed by atoms with Crippen molar-refractivity contribution in [3.05, 3.63) is 65.3 Å². The summed E-state index contributed by atoms with van der Waals surface area (Å²) in [5.74, 6) is 0.229. The number of benzene rings is 2. The van der Waals surface area contributed by atoms with Crippen molar-refractivity contribution < 1.29 is 13.6 Å². The van der Waals surface area contributed by atoms with E-state index in [1.807, 2.05) is 31.2 Å². The van der Waals surface area contributed by atoms with Crippen molar-refractivity contribution in [1.82, 2.24) is 10.2 Å². The molecule has 1 amide bonds. The second-order valence-corrected chi connectivity index (χ2v) is 5.88. The van der Waals surface area contributed by atoms with E-state index in [9.17, 15) is 9.18 Å². The van der Waals surface area contributed by atoms with Crippen LogP contribution in [0.15, 0.2) is 46.9 Å². The van der Waals surface area contributed by atoms with Crippen LogP contribution >= 0.6 is 0 Å². The number of anilines is 1. The molecular weight excluding hydrogens is 321 g/mol. The average Bonchev–Trinajstić information content (AvgIpc) is 3.06. The molecule has 0 unspecified atom stereocenters. The number of rotatable bonds is 5. The molecule has 1 N–H and O–H groups in total. The van der Waals surface area contributed by atoms with Gasteiger partial charge >= 0.3 is 0 Å². The Morgan fingerprint density at radius 3 is 2.60 bits per heavy atom. The van der Waals surface area contributed by atoms with Crippen molar-refractivity contribution in [1.29, 1.82) is 0 Å².